The molecule has 2 N–H and O–H groups in total. The van der Waals surface area contributed by atoms with Crippen LogP contribution < -0.4 is 10.6 Å². The van der Waals surface area contributed by atoms with Crippen molar-refractivity contribution >= 4 is 23.4 Å². The summed E-state index contributed by atoms with van der Waals surface area (Å²) >= 11 is 5.94. The number of ketones is 1. The molecule has 27 heavy (non-hydrogen) atoms. The van der Waals surface area contributed by atoms with Crippen LogP contribution in [-0.2, 0) is 11.2 Å². The second-order valence-corrected chi connectivity index (χ2v) is 6.53. The van der Waals surface area contributed by atoms with Crippen LogP contribution in [-0.4, -0.2) is 31.4 Å². The number of esters is 1. The quantitative estimate of drug-likeness (QED) is 0.454. The lowest BCUT2D eigenvalue weighted by atomic mass is 9.94. The smallest absolute Gasteiger partial charge is 0.338 e. The Bertz CT molecular complexity index is 867. The Balaban J connectivity index is 1.97. The number of Topliss-reactive ketones (excluding diaryl/α,β-unsaturated/α-hetero) is 1. The fraction of sp³-hybridized carbons (Fsp3) is 0.238. The highest BCUT2D eigenvalue weighted by molar-refractivity contribution is 6.30. The molecule has 0 saturated carbocycles. The summed E-state index contributed by atoms with van der Waals surface area (Å²) in [5.41, 5.74) is 2.34. The van der Waals surface area contributed by atoms with E-state index in [9.17, 15) is 9.59 Å². The summed E-state index contributed by atoms with van der Waals surface area (Å²) in [5.74, 6) is 0.208. The van der Waals surface area contributed by atoms with Gasteiger partial charge in [0.1, 0.15) is 5.82 Å². The Labute approximate surface area is 163 Å². The number of carbonyl (C=O) groups is 2. The van der Waals surface area contributed by atoms with Gasteiger partial charge in [0.25, 0.3) is 0 Å². The third-order valence-corrected chi connectivity index (χ3v) is 4.54. The molecule has 0 bridgehead atoms. The highest BCUT2D eigenvalue weighted by atomic mass is 35.5. The number of nitrogens with one attached hydrogen (secondary N) is 2. The lowest BCUT2D eigenvalue weighted by Crippen LogP contribution is -2.21. The number of carbonyl (C=O) groups excluding carboxylic acids is 2. The monoisotopic (exact) mass is 384 g/mol. The highest BCUT2D eigenvalue weighted by Gasteiger charge is 2.22. The van der Waals surface area contributed by atoms with Gasteiger partial charge in [-0.15, -0.1) is 0 Å². The topological polar surface area (TPSA) is 67.4 Å². The third kappa shape index (κ3) is 4.49. The van der Waals surface area contributed by atoms with Gasteiger partial charge in [-0.1, -0.05) is 29.8 Å². The van der Waals surface area contributed by atoms with E-state index in [1.165, 1.54) is 0 Å². The van der Waals surface area contributed by atoms with Gasteiger partial charge in [0.2, 0.25) is 0 Å². The van der Waals surface area contributed by atoms with E-state index in [2.05, 4.69) is 10.6 Å². The average molecular weight is 385 g/mol. The molecular formula is C21H21ClN2O3. The molecule has 1 fully saturated rings. The van der Waals surface area contributed by atoms with E-state index in [1.807, 2.05) is 12.1 Å². The van der Waals surface area contributed by atoms with Crippen molar-refractivity contribution in [2.45, 2.75) is 13.3 Å². The van der Waals surface area contributed by atoms with Gasteiger partial charge in [-0.05, 0) is 42.8 Å². The first-order chi connectivity index (χ1) is 13.1. The standard InChI is InChI=1S/C21H21ClN2O3/c1-2-27-21(26)17-6-4-3-5-15(17)13-18(20-23-11-12-24-20)19(25)14-7-9-16(22)10-8-14/h3-10,23-24H,2,11-13H2,1H3. The lowest BCUT2D eigenvalue weighted by molar-refractivity contribution is 0.0525. The van der Waals surface area contributed by atoms with Crippen LogP contribution in [0.25, 0.3) is 0 Å². The lowest BCUT2D eigenvalue weighted by Gasteiger charge is -2.14. The Morgan fingerprint density at radius 1 is 1.04 bits per heavy atom. The van der Waals surface area contributed by atoms with Crippen molar-refractivity contribution in [2.24, 2.45) is 0 Å². The first-order valence-electron chi connectivity index (χ1n) is 8.86. The van der Waals surface area contributed by atoms with Crippen LogP contribution in [0.5, 0.6) is 0 Å². The minimum Gasteiger partial charge on any atom is -0.462 e. The van der Waals surface area contributed by atoms with E-state index in [0.29, 0.717) is 40.6 Å². The number of rotatable bonds is 6. The summed E-state index contributed by atoms with van der Waals surface area (Å²) < 4.78 is 5.15. The zero-order chi connectivity index (χ0) is 19.2. The first kappa shape index (κ1) is 19.0. The molecule has 1 aliphatic heterocycles. The molecule has 0 aromatic heterocycles. The van der Waals surface area contributed by atoms with Crippen LogP contribution in [0.15, 0.2) is 59.9 Å². The molecule has 0 atom stereocenters. The van der Waals surface area contributed by atoms with Crippen molar-refractivity contribution in [3.8, 4) is 0 Å². The molecule has 1 aliphatic rings. The van der Waals surface area contributed by atoms with Gasteiger partial charge in [-0.25, -0.2) is 4.79 Å². The Morgan fingerprint density at radius 3 is 2.37 bits per heavy atom. The predicted molar refractivity (Wildman–Crippen MR) is 105 cm³/mol. The predicted octanol–water partition coefficient (Wildman–Crippen LogP) is 3.35. The highest BCUT2D eigenvalue weighted by Crippen LogP contribution is 2.21. The molecule has 0 aliphatic carbocycles. The van der Waals surface area contributed by atoms with E-state index in [4.69, 9.17) is 16.3 Å². The minimum absolute atomic E-state index is 0.109. The molecule has 140 valence electrons. The largest absolute Gasteiger partial charge is 0.462 e. The molecule has 0 spiro atoms. The summed E-state index contributed by atoms with van der Waals surface area (Å²) in [5, 5.41) is 7.01. The van der Waals surface area contributed by atoms with Crippen molar-refractivity contribution in [1.82, 2.24) is 10.6 Å². The summed E-state index contributed by atoms with van der Waals surface area (Å²) in [6.07, 6.45) is 0.311. The summed E-state index contributed by atoms with van der Waals surface area (Å²) in [7, 11) is 0. The Kier molecular flexibility index (Phi) is 6.14. The summed E-state index contributed by atoms with van der Waals surface area (Å²) in [4.78, 5) is 25.4. The Hall–Kier alpha value is -2.79. The second kappa shape index (κ2) is 8.73. The molecule has 1 heterocycles. The maximum Gasteiger partial charge on any atom is 0.338 e. The van der Waals surface area contributed by atoms with Crippen molar-refractivity contribution < 1.29 is 14.3 Å². The SMILES string of the molecule is CCOC(=O)c1ccccc1CC(C(=O)c1ccc(Cl)cc1)=C1NCCN1. The molecule has 1 saturated heterocycles. The maximum absolute atomic E-state index is 13.2. The van der Waals surface area contributed by atoms with Gasteiger partial charge < -0.3 is 15.4 Å². The van der Waals surface area contributed by atoms with Crippen LogP contribution >= 0.6 is 11.6 Å². The molecule has 6 heteroatoms. The van der Waals surface area contributed by atoms with Gasteiger partial charge >= 0.3 is 5.97 Å². The summed E-state index contributed by atoms with van der Waals surface area (Å²) in [6, 6.07) is 14.0. The second-order valence-electron chi connectivity index (χ2n) is 6.10. The van der Waals surface area contributed by atoms with Gasteiger partial charge in [-0.3, -0.25) is 4.79 Å². The van der Waals surface area contributed by atoms with E-state index in [1.54, 1.807) is 43.3 Å². The van der Waals surface area contributed by atoms with E-state index >= 15 is 0 Å². The normalized spacial score (nSPS) is 12.9. The molecule has 2 aromatic carbocycles. The van der Waals surface area contributed by atoms with Crippen LogP contribution in [0.2, 0.25) is 5.02 Å². The fourth-order valence-electron chi connectivity index (χ4n) is 2.98. The molecule has 0 radical (unpaired) electrons. The van der Waals surface area contributed by atoms with E-state index < -0.39 is 0 Å². The fourth-order valence-corrected chi connectivity index (χ4v) is 3.11. The molecule has 0 unspecified atom stereocenters. The van der Waals surface area contributed by atoms with Gasteiger partial charge in [0, 0.05) is 35.7 Å². The van der Waals surface area contributed by atoms with Crippen LogP contribution in [0.1, 0.15) is 33.2 Å². The Morgan fingerprint density at radius 2 is 1.70 bits per heavy atom. The van der Waals surface area contributed by atoms with Crippen molar-refractivity contribution in [3.63, 3.8) is 0 Å². The van der Waals surface area contributed by atoms with Gasteiger partial charge in [0.05, 0.1) is 12.2 Å². The van der Waals surface area contributed by atoms with E-state index in [0.717, 1.165) is 18.7 Å². The molecular weight excluding hydrogens is 364 g/mol. The van der Waals surface area contributed by atoms with Gasteiger partial charge in [-0.2, -0.15) is 0 Å². The minimum atomic E-state index is -0.385. The third-order valence-electron chi connectivity index (χ3n) is 4.29. The number of benzene rings is 2. The average Bonchev–Trinajstić information content (AvgIpc) is 3.21. The van der Waals surface area contributed by atoms with Crippen molar-refractivity contribution in [1.29, 1.82) is 0 Å². The van der Waals surface area contributed by atoms with E-state index in [-0.39, 0.29) is 11.8 Å². The van der Waals surface area contributed by atoms with Crippen LogP contribution in [0, 0.1) is 0 Å². The number of allylic oxidation sites excluding steroid dienone is 1. The van der Waals surface area contributed by atoms with Crippen LogP contribution in [0.3, 0.4) is 0 Å². The number of halogens is 1. The van der Waals surface area contributed by atoms with Crippen molar-refractivity contribution in [3.05, 3.63) is 81.6 Å². The summed E-state index contributed by atoms with van der Waals surface area (Å²) in [6.45, 7) is 3.55. The maximum atomic E-state index is 13.2. The molecule has 0 amide bonds. The van der Waals surface area contributed by atoms with Crippen LogP contribution in [0.4, 0.5) is 0 Å². The zero-order valence-electron chi connectivity index (χ0n) is 15.0. The molecule has 2 aromatic rings. The first-order valence-corrected chi connectivity index (χ1v) is 9.24. The zero-order valence-corrected chi connectivity index (χ0v) is 15.8. The number of hydrogen-bond acceptors (Lipinski definition) is 5. The number of ether oxygens (including phenoxy) is 1. The molecule has 5 nitrogen and oxygen atoms in total. The van der Waals surface area contributed by atoms with Crippen molar-refractivity contribution in [2.75, 3.05) is 19.7 Å². The number of hydrogen-bond donors (Lipinski definition) is 2. The molecule has 3 rings (SSSR count). The van der Waals surface area contributed by atoms with Gasteiger partial charge in [0.15, 0.2) is 5.78 Å².